The van der Waals surface area contributed by atoms with Gasteiger partial charge in [-0.25, -0.2) is 0 Å². The van der Waals surface area contributed by atoms with Crippen molar-refractivity contribution in [1.29, 1.82) is 0 Å². The van der Waals surface area contributed by atoms with Crippen molar-refractivity contribution in [3.63, 3.8) is 0 Å². The highest BCUT2D eigenvalue weighted by Gasteiger charge is 2.22. The lowest BCUT2D eigenvalue weighted by Crippen LogP contribution is -1.91. The van der Waals surface area contributed by atoms with Crippen LogP contribution in [0.4, 0.5) is 0 Å². The summed E-state index contributed by atoms with van der Waals surface area (Å²) >= 11 is 0. The van der Waals surface area contributed by atoms with Gasteiger partial charge in [-0.3, -0.25) is 0 Å². The molecule has 1 heterocycles. The van der Waals surface area contributed by atoms with Crippen LogP contribution in [0.5, 0.6) is 0 Å². The third-order valence-corrected chi connectivity index (χ3v) is 12.1. The zero-order valence-corrected chi connectivity index (χ0v) is 28.6. The van der Waals surface area contributed by atoms with E-state index in [1.54, 1.807) is 0 Å². The normalized spacial score (nSPS) is 12.5. The van der Waals surface area contributed by atoms with Gasteiger partial charge in [0, 0.05) is 10.8 Å². The minimum atomic E-state index is 0.907. The lowest BCUT2D eigenvalue weighted by molar-refractivity contribution is 0.669. The van der Waals surface area contributed by atoms with E-state index in [4.69, 9.17) is 4.42 Å². The summed E-state index contributed by atoms with van der Waals surface area (Å²) in [7, 11) is 0. The number of fused-ring (bicyclic) bond motifs is 7. The van der Waals surface area contributed by atoms with Crippen LogP contribution >= 0.6 is 0 Å². The van der Waals surface area contributed by atoms with Gasteiger partial charge >= 0.3 is 0 Å². The maximum absolute atomic E-state index is 6.89. The van der Waals surface area contributed by atoms with E-state index in [-0.39, 0.29) is 0 Å². The Hall–Kier alpha value is -6.96. The monoisotopic (exact) mass is 668 g/mol. The second-order valence-electron chi connectivity index (χ2n) is 14.8. The second-order valence-corrected chi connectivity index (χ2v) is 14.8. The van der Waals surface area contributed by atoms with Gasteiger partial charge in [0.1, 0.15) is 11.2 Å². The average molecular weight is 669 g/mol. The maximum Gasteiger partial charge on any atom is 0.136 e. The van der Waals surface area contributed by atoms with Crippen molar-refractivity contribution in [2.24, 2.45) is 0 Å². The van der Waals surface area contributed by atoms with Gasteiger partial charge in [0.15, 0.2) is 0 Å². The van der Waals surface area contributed by atoms with Gasteiger partial charge in [-0.1, -0.05) is 146 Å². The van der Waals surface area contributed by atoms with Crippen LogP contribution in [0.3, 0.4) is 0 Å². The Kier molecular flexibility index (Phi) is 5.17. The third kappa shape index (κ3) is 3.61. The van der Waals surface area contributed by atoms with E-state index in [2.05, 4.69) is 170 Å². The smallest absolute Gasteiger partial charge is 0.136 e. The third-order valence-electron chi connectivity index (χ3n) is 12.1. The minimum Gasteiger partial charge on any atom is -0.456 e. The molecule has 1 heteroatoms. The molecule has 0 aliphatic rings. The molecule has 0 amide bonds. The fourth-order valence-electron chi connectivity index (χ4n) is 9.81. The van der Waals surface area contributed by atoms with Crippen LogP contribution in [0.1, 0.15) is 0 Å². The zero-order chi connectivity index (χ0) is 34.4. The molecule has 0 N–H and O–H groups in total. The van der Waals surface area contributed by atoms with Gasteiger partial charge in [0.2, 0.25) is 0 Å². The molecule has 1 nitrogen and oxygen atoms in total. The lowest BCUT2D eigenvalue weighted by atomic mass is 9.84. The molecule has 0 unspecified atom stereocenters. The number of hydrogen-bond acceptors (Lipinski definition) is 1. The maximum atomic E-state index is 6.89. The highest BCUT2D eigenvalue weighted by atomic mass is 16.3. The largest absolute Gasteiger partial charge is 0.456 e. The molecular formula is C52H28O. The van der Waals surface area contributed by atoms with Crippen LogP contribution in [-0.2, 0) is 0 Å². The van der Waals surface area contributed by atoms with Crippen LogP contribution in [-0.4, -0.2) is 0 Å². The molecule has 13 rings (SSSR count). The number of rotatable bonds is 2. The summed E-state index contributed by atoms with van der Waals surface area (Å²) in [5.41, 5.74) is 6.61. The molecule has 12 aromatic carbocycles. The quantitative estimate of drug-likeness (QED) is 0.132. The molecule has 0 atom stereocenters. The van der Waals surface area contributed by atoms with E-state index < -0.39 is 0 Å². The average Bonchev–Trinajstić information content (AvgIpc) is 3.58. The Morgan fingerprint density at radius 3 is 1.57 bits per heavy atom. The van der Waals surface area contributed by atoms with Gasteiger partial charge in [0.05, 0.1) is 0 Å². The molecule has 53 heavy (non-hydrogen) atoms. The first kappa shape index (κ1) is 27.7. The summed E-state index contributed by atoms with van der Waals surface area (Å²) in [6.07, 6.45) is 0. The molecule has 0 aliphatic heterocycles. The molecule has 13 aromatic rings. The Morgan fingerprint density at radius 2 is 0.774 bits per heavy atom. The van der Waals surface area contributed by atoms with Gasteiger partial charge in [-0.05, 0) is 133 Å². The van der Waals surface area contributed by atoms with Gasteiger partial charge in [-0.15, -0.1) is 0 Å². The van der Waals surface area contributed by atoms with Crippen molar-refractivity contribution >= 4 is 108 Å². The van der Waals surface area contributed by atoms with Crippen molar-refractivity contribution in [2.75, 3.05) is 0 Å². The molecule has 0 radical (unpaired) electrons. The fourth-order valence-corrected chi connectivity index (χ4v) is 9.81. The Balaban J connectivity index is 1.19. The van der Waals surface area contributed by atoms with Gasteiger partial charge in [-0.2, -0.15) is 0 Å². The van der Waals surface area contributed by atoms with Crippen LogP contribution in [0, 0.1) is 0 Å². The molecule has 0 fully saturated rings. The highest BCUT2D eigenvalue weighted by Crippen LogP contribution is 2.48. The van der Waals surface area contributed by atoms with E-state index in [1.807, 2.05) is 0 Å². The predicted molar refractivity (Wildman–Crippen MR) is 227 cm³/mol. The molecule has 0 saturated heterocycles. The number of benzene rings is 12. The predicted octanol–water partition coefficient (Wildman–Crippen LogP) is 15.0. The lowest BCUT2D eigenvalue weighted by Gasteiger charge is -2.18. The summed E-state index contributed by atoms with van der Waals surface area (Å²) in [6, 6.07) is 63.1. The standard InChI is InChI=1S/C52H28O/c1-2-8-34-27-46-45(25-33(34)7-1)51-44(39-23-24-43-38-13-4-3-12-37(38)40-14-6-11-31-19-22-42(39)52(43)50(31)40)26-35(28-47(51)53-46)36-20-17-32-16-15-29-9-5-10-30-18-21-41(36)49(32)48(29)30/h1-28H. The molecular weight excluding hydrogens is 641 g/mol. The summed E-state index contributed by atoms with van der Waals surface area (Å²) in [4.78, 5) is 0. The van der Waals surface area contributed by atoms with E-state index in [0.717, 1.165) is 27.5 Å². The molecule has 0 aliphatic carbocycles. The summed E-state index contributed by atoms with van der Waals surface area (Å²) in [5.74, 6) is 0. The van der Waals surface area contributed by atoms with E-state index >= 15 is 0 Å². The van der Waals surface area contributed by atoms with E-state index in [9.17, 15) is 0 Å². The van der Waals surface area contributed by atoms with Crippen LogP contribution in [0.15, 0.2) is 174 Å². The first-order chi connectivity index (χ1) is 26.3. The van der Waals surface area contributed by atoms with E-state index in [0.29, 0.717) is 0 Å². The SMILES string of the molecule is c1ccc2cc3c(cc2c1)oc1cc(-c2ccc4ccc5cccc6ccc2c4c56)cc(-c2ccc4c5ccccc5c5cccc6ccc2c4c65)c13. The summed E-state index contributed by atoms with van der Waals surface area (Å²) in [6.45, 7) is 0. The fraction of sp³-hybridized carbons (Fsp3) is 0. The molecule has 0 spiro atoms. The van der Waals surface area contributed by atoms with Crippen LogP contribution < -0.4 is 0 Å². The Labute approximate surface area is 303 Å². The molecule has 0 bridgehead atoms. The molecule has 242 valence electrons. The second kappa shape index (κ2) is 9.88. The van der Waals surface area contributed by atoms with Crippen molar-refractivity contribution in [1.82, 2.24) is 0 Å². The number of hydrogen-bond donors (Lipinski definition) is 0. The topological polar surface area (TPSA) is 13.1 Å². The van der Waals surface area contributed by atoms with Crippen molar-refractivity contribution in [2.45, 2.75) is 0 Å². The first-order valence-electron chi connectivity index (χ1n) is 18.4. The van der Waals surface area contributed by atoms with Crippen molar-refractivity contribution < 1.29 is 4.42 Å². The van der Waals surface area contributed by atoms with Crippen molar-refractivity contribution in [3.05, 3.63) is 170 Å². The van der Waals surface area contributed by atoms with Gasteiger partial charge in [0.25, 0.3) is 0 Å². The Bertz CT molecular complexity index is 3660. The van der Waals surface area contributed by atoms with Crippen molar-refractivity contribution in [3.8, 4) is 22.3 Å². The van der Waals surface area contributed by atoms with Crippen LogP contribution in [0.2, 0.25) is 0 Å². The minimum absolute atomic E-state index is 0.907. The zero-order valence-electron chi connectivity index (χ0n) is 28.6. The molecule has 1 aromatic heterocycles. The van der Waals surface area contributed by atoms with Crippen LogP contribution in [0.25, 0.3) is 130 Å². The summed E-state index contributed by atoms with van der Waals surface area (Å²) < 4.78 is 6.89. The first-order valence-corrected chi connectivity index (χ1v) is 18.4. The van der Waals surface area contributed by atoms with Gasteiger partial charge < -0.3 is 4.42 Å². The highest BCUT2D eigenvalue weighted by molar-refractivity contribution is 6.36. The Morgan fingerprint density at radius 1 is 0.245 bits per heavy atom. The summed E-state index contributed by atoms with van der Waals surface area (Å²) in [5, 5.41) is 22.8. The number of furan rings is 1. The van der Waals surface area contributed by atoms with E-state index in [1.165, 1.54) is 103 Å². The molecule has 0 saturated carbocycles.